The van der Waals surface area contributed by atoms with Crippen LogP contribution in [0.1, 0.15) is 47.3 Å². The summed E-state index contributed by atoms with van der Waals surface area (Å²) in [4.78, 5) is 39.5. The summed E-state index contributed by atoms with van der Waals surface area (Å²) in [6.07, 6.45) is 1.62. The summed E-state index contributed by atoms with van der Waals surface area (Å²) in [5, 5.41) is 7.16. The number of nitrogens with zero attached hydrogens (tertiary/aromatic N) is 3. The lowest BCUT2D eigenvalue weighted by Gasteiger charge is -2.20. The molecule has 1 amide bonds. The standard InChI is InChI=1S/C28H23ClN4O3S/c1-28(2,3)36-27(35)19-12-17(13-22-18(19)11-16-7-4-5-9-21(16)32-22)26-33-24(15-37-26)25(34)31-14-23-20(29)8-6-10-30-23/h4-13,15H,14H2,1-3H3,(H,31,34). The lowest BCUT2D eigenvalue weighted by Crippen LogP contribution is -2.24. The van der Waals surface area contributed by atoms with Gasteiger partial charge in [-0.25, -0.2) is 14.8 Å². The van der Waals surface area contributed by atoms with Gasteiger partial charge in [-0.05, 0) is 57.2 Å². The second-order valence-electron chi connectivity index (χ2n) is 9.43. The monoisotopic (exact) mass is 530 g/mol. The SMILES string of the molecule is CC(C)(C)OC(=O)c1cc(-c2nc(C(=O)NCc3ncccc3Cl)cs2)cc2nc3ccccc3cc12. The predicted molar refractivity (Wildman–Crippen MR) is 146 cm³/mol. The molecule has 5 rings (SSSR count). The summed E-state index contributed by atoms with van der Waals surface area (Å²) in [5.74, 6) is -0.792. The molecule has 9 heteroatoms. The first-order valence-electron chi connectivity index (χ1n) is 11.6. The number of carbonyl (C=O) groups is 2. The van der Waals surface area contributed by atoms with Gasteiger partial charge in [-0.1, -0.05) is 29.8 Å². The first-order valence-corrected chi connectivity index (χ1v) is 12.8. The molecule has 0 unspecified atom stereocenters. The first-order chi connectivity index (χ1) is 17.7. The molecular weight excluding hydrogens is 508 g/mol. The van der Waals surface area contributed by atoms with Crippen LogP contribution in [0.5, 0.6) is 0 Å². The number of amides is 1. The number of aromatic nitrogens is 3. The zero-order chi connectivity index (χ0) is 26.2. The number of fused-ring (bicyclic) bond motifs is 2. The first kappa shape index (κ1) is 24.8. The summed E-state index contributed by atoms with van der Waals surface area (Å²) >= 11 is 7.44. The van der Waals surface area contributed by atoms with Crippen molar-refractivity contribution in [3.63, 3.8) is 0 Å². The molecule has 0 saturated carbocycles. The maximum atomic E-state index is 13.2. The Kier molecular flexibility index (Phi) is 6.62. The van der Waals surface area contributed by atoms with E-state index in [4.69, 9.17) is 21.3 Å². The molecular formula is C28H23ClN4O3S. The van der Waals surface area contributed by atoms with Crippen molar-refractivity contribution in [3.05, 3.63) is 88.1 Å². The smallest absolute Gasteiger partial charge is 0.339 e. The molecule has 0 spiro atoms. The van der Waals surface area contributed by atoms with Crippen LogP contribution in [0.15, 0.2) is 66.2 Å². The van der Waals surface area contributed by atoms with Gasteiger partial charge in [-0.15, -0.1) is 11.3 Å². The van der Waals surface area contributed by atoms with E-state index in [1.165, 1.54) is 11.3 Å². The highest BCUT2D eigenvalue weighted by molar-refractivity contribution is 7.13. The summed E-state index contributed by atoms with van der Waals surface area (Å²) in [5.41, 5.74) is 2.70. The molecule has 0 atom stereocenters. The van der Waals surface area contributed by atoms with Crippen molar-refractivity contribution in [2.24, 2.45) is 0 Å². The minimum Gasteiger partial charge on any atom is -0.456 e. The van der Waals surface area contributed by atoms with Crippen LogP contribution in [0.2, 0.25) is 5.02 Å². The van der Waals surface area contributed by atoms with Gasteiger partial charge in [-0.2, -0.15) is 0 Å². The van der Waals surface area contributed by atoms with Crippen molar-refractivity contribution in [1.82, 2.24) is 20.3 Å². The molecule has 0 radical (unpaired) electrons. The molecule has 1 N–H and O–H groups in total. The van der Waals surface area contributed by atoms with Gasteiger partial charge in [-0.3, -0.25) is 9.78 Å². The van der Waals surface area contributed by atoms with Crippen molar-refractivity contribution < 1.29 is 14.3 Å². The van der Waals surface area contributed by atoms with Gasteiger partial charge in [0.15, 0.2) is 0 Å². The number of pyridine rings is 2. The third-order valence-electron chi connectivity index (χ3n) is 5.49. The number of esters is 1. The molecule has 0 aliphatic carbocycles. The number of para-hydroxylation sites is 1. The largest absolute Gasteiger partial charge is 0.456 e. The molecule has 0 saturated heterocycles. The van der Waals surface area contributed by atoms with Gasteiger partial charge in [0.1, 0.15) is 16.3 Å². The number of benzene rings is 2. The summed E-state index contributed by atoms with van der Waals surface area (Å²) in [6, 6.07) is 16.8. The Hall–Kier alpha value is -3.88. The normalized spacial score (nSPS) is 11.6. The summed E-state index contributed by atoms with van der Waals surface area (Å²) < 4.78 is 5.70. The fourth-order valence-electron chi connectivity index (χ4n) is 3.82. The Balaban J connectivity index is 1.51. The highest BCUT2D eigenvalue weighted by Gasteiger charge is 2.22. The lowest BCUT2D eigenvalue weighted by atomic mass is 10.0. The lowest BCUT2D eigenvalue weighted by molar-refractivity contribution is 0.00717. The van der Waals surface area contributed by atoms with E-state index in [2.05, 4.69) is 15.3 Å². The van der Waals surface area contributed by atoms with Crippen molar-refractivity contribution in [2.45, 2.75) is 32.9 Å². The van der Waals surface area contributed by atoms with Crippen LogP contribution in [0.3, 0.4) is 0 Å². The number of ether oxygens (including phenoxy) is 1. The molecule has 0 aliphatic heterocycles. The number of hydrogen-bond donors (Lipinski definition) is 1. The Morgan fingerprint density at radius 2 is 1.84 bits per heavy atom. The van der Waals surface area contributed by atoms with E-state index in [0.717, 1.165) is 10.9 Å². The quantitative estimate of drug-likeness (QED) is 0.207. The Morgan fingerprint density at radius 1 is 1.03 bits per heavy atom. The highest BCUT2D eigenvalue weighted by Crippen LogP contribution is 2.32. The van der Waals surface area contributed by atoms with Gasteiger partial charge in [0.2, 0.25) is 0 Å². The number of hydrogen-bond acceptors (Lipinski definition) is 7. The van der Waals surface area contributed by atoms with Crippen molar-refractivity contribution in [3.8, 4) is 10.6 Å². The molecule has 0 aliphatic rings. The molecule has 3 aromatic heterocycles. The van der Waals surface area contributed by atoms with Crippen LogP contribution in [0.4, 0.5) is 0 Å². The second-order valence-corrected chi connectivity index (χ2v) is 10.7. The average Bonchev–Trinajstić information content (AvgIpc) is 3.36. The van der Waals surface area contributed by atoms with Crippen LogP contribution < -0.4 is 5.32 Å². The van der Waals surface area contributed by atoms with Gasteiger partial charge >= 0.3 is 5.97 Å². The van der Waals surface area contributed by atoms with E-state index < -0.39 is 11.6 Å². The summed E-state index contributed by atoms with van der Waals surface area (Å²) in [7, 11) is 0. The fraction of sp³-hybridized carbons (Fsp3) is 0.179. The van der Waals surface area contributed by atoms with Crippen molar-refractivity contribution >= 4 is 56.6 Å². The average molecular weight is 531 g/mol. The molecule has 5 aromatic rings. The Morgan fingerprint density at radius 3 is 2.62 bits per heavy atom. The Bertz CT molecular complexity index is 1660. The van der Waals surface area contributed by atoms with E-state index >= 15 is 0 Å². The highest BCUT2D eigenvalue weighted by atomic mass is 35.5. The maximum absolute atomic E-state index is 13.2. The molecule has 2 aromatic carbocycles. The molecule has 0 fully saturated rings. The number of halogens is 1. The van der Waals surface area contributed by atoms with Crippen LogP contribution >= 0.6 is 22.9 Å². The minimum absolute atomic E-state index is 0.182. The molecule has 0 bridgehead atoms. The van der Waals surface area contributed by atoms with Gasteiger partial charge in [0, 0.05) is 27.9 Å². The van der Waals surface area contributed by atoms with Crippen molar-refractivity contribution in [1.29, 1.82) is 0 Å². The van der Waals surface area contributed by atoms with Gasteiger partial charge in [0.25, 0.3) is 5.91 Å². The number of rotatable bonds is 5. The number of nitrogens with one attached hydrogen (secondary N) is 1. The van der Waals surface area contributed by atoms with E-state index in [0.29, 0.717) is 37.8 Å². The summed E-state index contributed by atoms with van der Waals surface area (Å²) in [6.45, 7) is 5.67. The molecule has 7 nitrogen and oxygen atoms in total. The topological polar surface area (TPSA) is 94.1 Å². The maximum Gasteiger partial charge on any atom is 0.339 e. The molecule has 37 heavy (non-hydrogen) atoms. The van der Waals surface area contributed by atoms with Crippen LogP contribution in [0, 0.1) is 0 Å². The third kappa shape index (κ3) is 5.45. The zero-order valence-corrected chi connectivity index (χ0v) is 22.0. The van der Waals surface area contributed by atoms with E-state index in [9.17, 15) is 9.59 Å². The third-order valence-corrected chi connectivity index (χ3v) is 6.72. The minimum atomic E-state index is -0.660. The zero-order valence-electron chi connectivity index (χ0n) is 20.4. The van der Waals surface area contributed by atoms with E-state index in [1.54, 1.807) is 29.8 Å². The van der Waals surface area contributed by atoms with Crippen molar-refractivity contribution in [2.75, 3.05) is 0 Å². The Labute approximate surface area is 222 Å². The molecule has 3 heterocycles. The fourth-order valence-corrected chi connectivity index (χ4v) is 4.79. The molecule has 186 valence electrons. The van der Waals surface area contributed by atoms with E-state index in [1.807, 2.05) is 57.2 Å². The number of thiazole rings is 1. The number of carbonyl (C=O) groups excluding carboxylic acids is 2. The van der Waals surface area contributed by atoms with Crippen LogP contribution in [-0.2, 0) is 11.3 Å². The van der Waals surface area contributed by atoms with E-state index in [-0.39, 0.29) is 18.1 Å². The van der Waals surface area contributed by atoms with Crippen LogP contribution in [0.25, 0.3) is 32.4 Å². The van der Waals surface area contributed by atoms with Crippen LogP contribution in [-0.4, -0.2) is 32.4 Å². The van der Waals surface area contributed by atoms with Gasteiger partial charge < -0.3 is 10.1 Å². The van der Waals surface area contributed by atoms with Gasteiger partial charge in [0.05, 0.1) is 33.9 Å². The predicted octanol–water partition coefficient (Wildman–Crippen LogP) is 6.45. The second kappa shape index (κ2) is 9.88.